The van der Waals surface area contributed by atoms with E-state index in [1.54, 1.807) is 4.90 Å². The monoisotopic (exact) mass is 282 g/mol. The number of amides is 1. The molecule has 0 aromatic rings. The quantitative estimate of drug-likeness (QED) is 0.790. The summed E-state index contributed by atoms with van der Waals surface area (Å²) in [5, 5.41) is 3.34. The van der Waals surface area contributed by atoms with Crippen LogP contribution in [0.5, 0.6) is 0 Å². The summed E-state index contributed by atoms with van der Waals surface area (Å²) < 4.78 is 4.82. The number of ether oxygens (including phenoxy) is 1. The fraction of sp³-hybridized carbons (Fsp3) is 0.867. The number of piperidine rings is 2. The maximum atomic E-state index is 12.4. The molecule has 0 aliphatic carbocycles. The number of hydrogen-bond donors (Lipinski definition) is 1. The molecular formula is C15H26N2O3. The average molecular weight is 282 g/mol. The molecule has 20 heavy (non-hydrogen) atoms. The van der Waals surface area contributed by atoms with Gasteiger partial charge in [0.2, 0.25) is 5.91 Å². The number of carbonyl (C=O) groups is 2. The van der Waals surface area contributed by atoms with Crippen molar-refractivity contribution in [2.75, 3.05) is 26.7 Å². The molecule has 2 heterocycles. The summed E-state index contributed by atoms with van der Waals surface area (Å²) in [6.07, 6.45) is 6.57. The number of rotatable bonds is 4. The van der Waals surface area contributed by atoms with E-state index in [9.17, 15) is 9.59 Å². The Hall–Kier alpha value is -1.10. The molecule has 5 heteroatoms. The van der Waals surface area contributed by atoms with E-state index in [1.807, 2.05) is 0 Å². The summed E-state index contributed by atoms with van der Waals surface area (Å²) in [5.41, 5.74) is 0. The van der Waals surface area contributed by atoms with Gasteiger partial charge in [0.1, 0.15) is 6.04 Å². The van der Waals surface area contributed by atoms with Gasteiger partial charge in [-0.1, -0.05) is 0 Å². The van der Waals surface area contributed by atoms with Gasteiger partial charge in [-0.05, 0) is 57.5 Å². The lowest BCUT2D eigenvalue weighted by atomic mass is 9.92. The van der Waals surface area contributed by atoms with Gasteiger partial charge in [-0.15, -0.1) is 0 Å². The van der Waals surface area contributed by atoms with Gasteiger partial charge in [0.25, 0.3) is 0 Å². The van der Waals surface area contributed by atoms with Crippen molar-refractivity contribution in [2.45, 2.75) is 51.0 Å². The second-order valence-corrected chi connectivity index (χ2v) is 5.85. The van der Waals surface area contributed by atoms with E-state index in [2.05, 4.69) is 5.32 Å². The highest BCUT2D eigenvalue weighted by molar-refractivity contribution is 5.84. The minimum Gasteiger partial charge on any atom is -0.467 e. The van der Waals surface area contributed by atoms with E-state index in [4.69, 9.17) is 4.74 Å². The van der Waals surface area contributed by atoms with Crippen molar-refractivity contribution in [3.8, 4) is 0 Å². The Balaban J connectivity index is 1.83. The highest BCUT2D eigenvalue weighted by atomic mass is 16.5. The molecule has 0 aromatic carbocycles. The molecule has 2 saturated heterocycles. The molecule has 1 atom stereocenters. The summed E-state index contributed by atoms with van der Waals surface area (Å²) in [6.45, 7) is 2.82. The molecule has 1 amide bonds. The zero-order valence-corrected chi connectivity index (χ0v) is 12.4. The second kappa shape index (κ2) is 7.62. The predicted octanol–water partition coefficient (Wildman–Crippen LogP) is 1.32. The summed E-state index contributed by atoms with van der Waals surface area (Å²) in [4.78, 5) is 25.9. The Morgan fingerprint density at radius 2 is 1.95 bits per heavy atom. The first-order chi connectivity index (χ1) is 9.72. The molecule has 1 N–H and O–H groups in total. The van der Waals surface area contributed by atoms with Crippen molar-refractivity contribution < 1.29 is 14.3 Å². The number of methoxy groups -OCH3 is 1. The third-order valence-electron chi connectivity index (χ3n) is 4.52. The topological polar surface area (TPSA) is 58.6 Å². The Kier molecular flexibility index (Phi) is 5.83. The van der Waals surface area contributed by atoms with Crippen LogP contribution in [0.4, 0.5) is 0 Å². The van der Waals surface area contributed by atoms with Gasteiger partial charge in [-0.3, -0.25) is 4.79 Å². The number of carbonyl (C=O) groups excluding carboxylic acids is 2. The standard InChI is InChI=1S/C15H26N2O3/c1-20-15(19)13-4-2-3-11-17(13)14(18)6-5-12-7-9-16-10-8-12/h12-13,16H,2-11H2,1H3. The van der Waals surface area contributed by atoms with E-state index in [-0.39, 0.29) is 17.9 Å². The largest absolute Gasteiger partial charge is 0.467 e. The number of likely N-dealkylation sites (tertiary alicyclic amines) is 1. The Labute approximate surface area is 121 Å². The molecule has 2 rings (SSSR count). The number of nitrogens with one attached hydrogen (secondary N) is 1. The van der Waals surface area contributed by atoms with Crippen molar-refractivity contribution in [1.29, 1.82) is 0 Å². The van der Waals surface area contributed by atoms with Gasteiger partial charge in [0.05, 0.1) is 7.11 Å². The van der Waals surface area contributed by atoms with Gasteiger partial charge in [-0.2, -0.15) is 0 Å². The Morgan fingerprint density at radius 3 is 2.65 bits per heavy atom. The fourth-order valence-corrected chi connectivity index (χ4v) is 3.25. The Morgan fingerprint density at radius 1 is 1.20 bits per heavy atom. The third-order valence-corrected chi connectivity index (χ3v) is 4.52. The molecule has 0 spiro atoms. The molecular weight excluding hydrogens is 256 g/mol. The molecule has 0 radical (unpaired) electrons. The molecule has 0 saturated carbocycles. The van der Waals surface area contributed by atoms with Crippen LogP contribution in [-0.4, -0.2) is 49.6 Å². The van der Waals surface area contributed by atoms with Gasteiger partial charge in [-0.25, -0.2) is 4.79 Å². The van der Waals surface area contributed by atoms with E-state index in [1.165, 1.54) is 7.11 Å². The summed E-state index contributed by atoms with van der Waals surface area (Å²) >= 11 is 0. The molecule has 0 bridgehead atoms. The van der Waals surface area contributed by atoms with Gasteiger partial charge in [0.15, 0.2) is 0 Å². The van der Waals surface area contributed by atoms with Crippen LogP contribution in [0.3, 0.4) is 0 Å². The number of hydrogen-bond acceptors (Lipinski definition) is 4. The molecule has 114 valence electrons. The van der Waals surface area contributed by atoms with E-state index in [0.717, 1.165) is 51.6 Å². The highest BCUT2D eigenvalue weighted by Gasteiger charge is 2.32. The van der Waals surface area contributed by atoms with Crippen molar-refractivity contribution in [3.63, 3.8) is 0 Å². The van der Waals surface area contributed by atoms with Crippen LogP contribution < -0.4 is 5.32 Å². The van der Waals surface area contributed by atoms with Crippen molar-refractivity contribution in [3.05, 3.63) is 0 Å². The van der Waals surface area contributed by atoms with Crippen molar-refractivity contribution in [2.24, 2.45) is 5.92 Å². The lowest BCUT2D eigenvalue weighted by Crippen LogP contribution is -2.48. The maximum Gasteiger partial charge on any atom is 0.328 e. The second-order valence-electron chi connectivity index (χ2n) is 5.85. The third kappa shape index (κ3) is 3.95. The van der Waals surface area contributed by atoms with Crippen molar-refractivity contribution in [1.82, 2.24) is 10.2 Å². The van der Waals surface area contributed by atoms with Crippen LogP contribution >= 0.6 is 0 Å². The van der Waals surface area contributed by atoms with Crippen LogP contribution in [0.1, 0.15) is 44.9 Å². The predicted molar refractivity (Wildman–Crippen MR) is 76.2 cm³/mol. The molecule has 2 fully saturated rings. The number of nitrogens with zero attached hydrogens (tertiary/aromatic N) is 1. The zero-order chi connectivity index (χ0) is 14.4. The molecule has 2 aliphatic rings. The summed E-state index contributed by atoms with van der Waals surface area (Å²) in [6, 6.07) is -0.353. The first kappa shape index (κ1) is 15.3. The van der Waals surface area contributed by atoms with Gasteiger partial charge in [0, 0.05) is 13.0 Å². The Bertz CT molecular complexity index is 340. The number of esters is 1. The first-order valence-electron chi connectivity index (χ1n) is 7.80. The van der Waals surface area contributed by atoms with Crippen molar-refractivity contribution >= 4 is 11.9 Å². The van der Waals surface area contributed by atoms with E-state index in [0.29, 0.717) is 18.9 Å². The summed E-state index contributed by atoms with van der Waals surface area (Å²) in [5.74, 6) is 0.514. The zero-order valence-electron chi connectivity index (χ0n) is 12.4. The maximum absolute atomic E-state index is 12.4. The highest BCUT2D eigenvalue weighted by Crippen LogP contribution is 2.22. The molecule has 1 unspecified atom stereocenters. The normalized spacial score (nSPS) is 24.4. The first-order valence-corrected chi connectivity index (χ1v) is 7.80. The average Bonchev–Trinajstić information content (AvgIpc) is 2.52. The van der Waals surface area contributed by atoms with Crippen LogP contribution in [0, 0.1) is 5.92 Å². The van der Waals surface area contributed by atoms with Crippen LogP contribution in [-0.2, 0) is 14.3 Å². The van der Waals surface area contributed by atoms with E-state index < -0.39 is 0 Å². The van der Waals surface area contributed by atoms with Crippen LogP contribution in [0.2, 0.25) is 0 Å². The van der Waals surface area contributed by atoms with Gasteiger partial charge >= 0.3 is 5.97 Å². The minimum absolute atomic E-state index is 0.124. The van der Waals surface area contributed by atoms with Crippen LogP contribution in [0.15, 0.2) is 0 Å². The van der Waals surface area contributed by atoms with Gasteiger partial charge < -0.3 is 15.0 Å². The molecule has 2 aliphatic heterocycles. The smallest absolute Gasteiger partial charge is 0.328 e. The SMILES string of the molecule is COC(=O)C1CCCCN1C(=O)CCC1CCNCC1. The van der Waals surface area contributed by atoms with E-state index >= 15 is 0 Å². The molecule has 5 nitrogen and oxygen atoms in total. The lowest BCUT2D eigenvalue weighted by molar-refractivity contribution is -0.154. The lowest BCUT2D eigenvalue weighted by Gasteiger charge is -2.34. The summed E-state index contributed by atoms with van der Waals surface area (Å²) in [7, 11) is 1.40. The fourth-order valence-electron chi connectivity index (χ4n) is 3.25. The van der Waals surface area contributed by atoms with Crippen LogP contribution in [0.25, 0.3) is 0 Å². The minimum atomic E-state index is -0.353. The molecule has 0 aromatic heterocycles.